The Labute approximate surface area is 84.9 Å². The summed E-state index contributed by atoms with van der Waals surface area (Å²) >= 11 is 0. The number of rotatable bonds is 5. The molecule has 0 aliphatic heterocycles. The molecule has 0 spiro atoms. The van der Waals surface area contributed by atoms with Gasteiger partial charge in [-0.2, -0.15) is 5.26 Å². The third-order valence-corrected chi connectivity index (χ3v) is 2.47. The van der Waals surface area contributed by atoms with Crippen LogP contribution in [0.3, 0.4) is 0 Å². The molecule has 4 nitrogen and oxygen atoms in total. The number of nitrogens with one attached hydrogen (secondary N) is 1. The molecular weight excluding hydrogens is 178 g/mol. The van der Waals surface area contributed by atoms with E-state index in [1.165, 1.54) is 0 Å². The maximum atomic E-state index is 11.5. The molecule has 0 bridgehead atoms. The molecule has 1 N–H and O–H groups in total. The summed E-state index contributed by atoms with van der Waals surface area (Å²) in [5.41, 5.74) is -0.669. The Morgan fingerprint density at radius 3 is 2.64 bits per heavy atom. The van der Waals surface area contributed by atoms with Crippen molar-refractivity contribution in [3.8, 4) is 6.07 Å². The van der Waals surface area contributed by atoms with Gasteiger partial charge in [0.05, 0.1) is 6.07 Å². The van der Waals surface area contributed by atoms with E-state index < -0.39 is 5.41 Å². The van der Waals surface area contributed by atoms with Gasteiger partial charge in [0.25, 0.3) is 0 Å². The van der Waals surface area contributed by atoms with Crippen LogP contribution < -0.4 is 5.32 Å². The Morgan fingerprint density at radius 1 is 1.57 bits per heavy atom. The minimum absolute atomic E-state index is 0.0845. The summed E-state index contributed by atoms with van der Waals surface area (Å²) in [7, 11) is 4.00. The van der Waals surface area contributed by atoms with Crippen molar-refractivity contribution in [1.29, 1.82) is 5.26 Å². The highest BCUT2D eigenvalue weighted by Crippen LogP contribution is 2.44. The minimum Gasteiger partial charge on any atom is -0.355 e. The molecule has 1 aliphatic carbocycles. The van der Waals surface area contributed by atoms with E-state index in [2.05, 4.69) is 16.3 Å². The van der Waals surface area contributed by atoms with E-state index in [1.807, 2.05) is 14.1 Å². The first-order valence-corrected chi connectivity index (χ1v) is 4.95. The molecule has 14 heavy (non-hydrogen) atoms. The number of nitriles is 1. The summed E-state index contributed by atoms with van der Waals surface area (Å²) in [5, 5.41) is 11.6. The molecule has 0 radical (unpaired) electrons. The van der Waals surface area contributed by atoms with Gasteiger partial charge in [-0.1, -0.05) is 0 Å². The smallest absolute Gasteiger partial charge is 0.240 e. The van der Waals surface area contributed by atoms with Crippen molar-refractivity contribution >= 4 is 5.91 Å². The fourth-order valence-corrected chi connectivity index (χ4v) is 1.28. The summed E-state index contributed by atoms with van der Waals surface area (Å²) in [6.07, 6.45) is 2.38. The lowest BCUT2D eigenvalue weighted by Gasteiger charge is -2.11. The standard InChI is InChI=1S/C10H17N3O/c1-13(2)7-3-6-12-9(14)10(8-11)4-5-10/h3-7H2,1-2H3,(H,12,14). The van der Waals surface area contributed by atoms with Gasteiger partial charge in [0.15, 0.2) is 0 Å². The Hall–Kier alpha value is -1.08. The Balaban J connectivity index is 2.14. The molecule has 0 aromatic carbocycles. The number of amides is 1. The lowest BCUT2D eigenvalue weighted by Crippen LogP contribution is -2.33. The van der Waals surface area contributed by atoms with Crippen LogP contribution in [0.1, 0.15) is 19.3 Å². The first kappa shape index (κ1) is 11.0. The lowest BCUT2D eigenvalue weighted by molar-refractivity contribution is -0.124. The van der Waals surface area contributed by atoms with Crippen LogP contribution in [-0.2, 0) is 4.79 Å². The van der Waals surface area contributed by atoms with Crippen LogP contribution in [0.15, 0.2) is 0 Å². The van der Waals surface area contributed by atoms with Gasteiger partial charge in [-0.3, -0.25) is 4.79 Å². The van der Waals surface area contributed by atoms with Gasteiger partial charge in [0.2, 0.25) is 5.91 Å². The third kappa shape index (κ3) is 2.71. The normalized spacial score (nSPS) is 17.6. The Morgan fingerprint density at radius 2 is 2.21 bits per heavy atom. The maximum Gasteiger partial charge on any atom is 0.240 e. The third-order valence-electron chi connectivity index (χ3n) is 2.47. The number of carbonyl (C=O) groups is 1. The van der Waals surface area contributed by atoms with E-state index in [1.54, 1.807) is 0 Å². The van der Waals surface area contributed by atoms with E-state index in [4.69, 9.17) is 5.26 Å². The van der Waals surface area contributed by atoms with Gasteiger partial charge in [-0.05, 0) is 39.9 Å². The highest BCUT2D eigenvalue weighted by Gasteiger charge is 2.50. The Bertz CT molecular complexity index is 251. The second-order valence-electron chi connectivity index (χ2n) is 4.11. The monoisotopic (exact) mass is 195 g/mol. The van der Waals surface area contributed by atoms with Crippen molar-refractivity contribution < 1.29 is 4.79 Å². The fraction of sp³-hybridized carbons (Fsp3) is 0.800. The highest BCUT2D eigenvalue weighted by molar-refractivity contribution is 5.88. The van der Waals surface area contributed by atoms with E-state index >= 15 is 0 Å². The fourth-order valence-electron chi connectivity index (χ4n) is 1.28. The number of hydrogen-bond acceptors (Lipinski definition) is 3. The van der Waals surface area contributed by atoms with E-state index in [0.29, 0.717) is 6.54 Å². The molecule has 0 heterocycles. The second kappa shape index (κ2) is 4.43. The zero-order valence-corrected chi connectivity index (χ0v) is 8.84. The minimum atomic E-state index is -0.669. The molecule has 0 aromatic heterocycles. The highest BCUT2D eigenvalue weighted by atomic mass is 16.2. The number of nitrogens with zero attached hydrogens (tertiary/aromatic N) is 2. The van der Waals surface area contributed by atoms with Crippen molar-refractivity contribution in [2.24, 2.45) is 5.41 Å². The molecule has 0 saturated heterocycles. The van der Waals surface area contributed by atoms with Crippen LogP contribution in [0.25, 0.3) is 0 Å². The van der Waals surface area contributed by atoms with Crippen molar-refractivity contribution in [3.05, 3.63) is 0 Å². The lowest BCUT2D eigenvalue weighted by atomic mass is 10.1. The zero-order chi connectivity index (χ0) is 10.6. The predicted molar refractivity (Wildman–Crippen MR) is 53.5 cm³/mol. The van der Waals surface area contributed by atoms with Gasteiger partial charge in [0.1, 0.15) is 5.41 Å². The topological polar surface area (TPSA) is 56.1 Å². The van der Waals surface area contributed by atoms with Crippen LogP contribution in [0.2, 0.25) is 0 Å². The summed E-state index contributed by atoms with van der Waals surface area (Å²) in [6, 6.07) is 2.08. The summed E-state index contributed by atoms with van der Waals surface area (Å²) in [4.78, 5) is 13.5. The SMILES string of the molecule is CN(C)CCCNC(=O)C1(C#N)CC1. The van der Waals surface area contributed by atoms with E-state index in [-0.39, 0.29) is 5.91 Å². The second-order valence-corrected chi connectivity index (χ2v) is 4.11. The summed E-state index contributed by atoms with van der Waals surface area (Å²) < 4.78 is 0. The van der Waals surface area contributed by atoms with E-state index in [0.717, 1.165) is 25.8 Å². The van der Waals surface area contributed by atoms with Gasteiger partial charge >= 0.3 is 0 Å². The quantitative estimate of drug-likeness (QED) is 0.644. The molecular formula is C10H17N3O. The average Bonchev–Trinajstić information content (AvgIpc) is 2.92. The number of carbonyl (C=O) groups excluding carboxylic acids is 1. The summed E-state index contributed by atoms with van der Waals surface area (Å²) in [5.74, 6) is -0.0845. The van der Waals surface area contributed by atoms with Gasteiger partial charge in [-0.25, -0.2) is 0 Å². The van der Waals surface area contributed by atoms with Crippen molar-refractivity contribution in [2.75, 3.05) is 27.2 Å². The molecule has 1 fully saturated rings. The zero-order valence-electron chi connectivity index (χ0n) is 8.84. The molecule has 1 amide bonds. The molecule has 4 heteroatoms. The number of hydrogen-bond donors (Lipinski definition) is 1. The van der Waals surface area contributed by atoms with E-state index in [9.17, 15) is 4.79 Å². The molecule has 0 aromatic rings. The van der Waals surface area contributed by atoms with Crippen LogP contribution in [-0.4, -0.2) is 38.0 Å². The van der Waals surface area contributed by atoms with Gasteiger partial charge in [-0.15, -0.1) is 0 Å². The molecule has 1 aliphatic rings. The first-order chi connectivity index (χ1) is 6.60. The van der Waals surface area contributed by atoms with Gasteiger partial charge in [0, 0.05) is 6.54 Å². The molecule has 1 rings (SSSR count). The largest absolute Gasteiger partial charge is 0.355 e. The molecule has 0 atom stereocenters. The van der Waals surface area contributed by atoms with Crippen LogP contribution >= 0.6 is 0 Å². The van der Waals surface area contributed by atoms with Crippen LogP contribution in [0.4, 0.5) is 0 Å². The predicted octanol–water partition coefficient (Wildman–Crippen LogP) is 0.358. The van der Waals surface area contributed by atoms with Crippen molar-refractivity contribution in [1.82, 2.24) is 10.2 Å². The molecule has 0 unspecified atom stereocenters. The van der Waals surface area contributed by atoms with Gasteiger partial charge < -0.3 is 10.2 Å². The molecule has 78 valence electrons. The van der Waals surface area contributed by atoms with Crippen molar-refractivity contribution in [3.63, 3.8) is 0 Å². The molecule has 1 saturated carbocycles. The maximum absolute atomic E-state index is 11.5. The Kier molecular flexibility index (Phi) is 3.48. The van der Waals surface area contributed by atoms with Crippen LogP contribution in [0.5, 0.6) is 0 Å². The van der Waals surface area contributed by atoms with Crippen molar-refractivity contribution in [2.45, 2.75) is 19.3 Å². The van der Waals surface area contributed by atoms with Crippen LogP contribution in [0, 0.1) is 16.7 Å². The first-order valence-electron chi connectivity index (χ1n) is 4.95. The summed E-state index contributed by atoms with van der Waals surface area (Å²) in [6.45, 7) is 1.63. The average molecular weight is 195 g/mol.